The third-order valence-electron chi connectivity index (χ3n) is 2.31. The van der Waals surface area contributed by atoms with Crippen molar-refractivity contribution in [2.45, 2.75) is 19.9 Å². The highest BCUT2D eigenvalue weighted by molar-refractivity contribution is 5.28. The molecule has 0 radical (unpaired) electrons. The second-order valence-electron chi connectivity index (χ2n) is 3.50. The molecule has 0 saturated heterocycles. The number of pyridine rings is 1. The molecule has 0 fully saturated rings. The van der Waals surface area contributed by atoms with Crippen LogP contribution in [0.1, 0.15) is 11.4 Å². The largest absolute Gasteiger partial charge is 0.382 e. The van der Waals surface area contributed by atoms with Gasteiger partial charge in [0.05, 0.1) is 0 Å². The van der Waals surface area contributed by atoms with Gasteiger partial charge in [0.15, 0.2) is 0 Å². The first-order valence-electron chi connectivity index (χ1n) is 4.95. The molecule has 0 spiro atoms. The Hall–Kier alpha value is -1.84. The molecule has 2 rings (SSSR count). The number of hydrogen-bond donors (Lipinski definition) is 1. The number of anilines is 1. The highest BCUT2D eigenvalue weighted by atomic mass is 15.3. The molecule has 2 heterocycles. The summed E-state index contributed by atoms with van der Waals surface area (Å²) in [5.41, 5.74) is 7.76. The Morgan fingerprint density at radius 1 is 1.40 bits per heavy atom. The van der Waals surface area contributed by atoms with Crippen molar-refractivity contribution >= 4 is 5.82 Å². The van der Waals surface area contributed by atoms with Gasteiger partial charge < -0.3 is 5.73 Å². The van der Waals surface area contributed by atoms with Crippen LogP contribution in [0.15, 0.2) is 30.5 Å². The minimum atomic E-state index is 0.577. The number of aromatic nitrogens is 3. The Bertz CT molecular complexity index is 433. The Morgan fingerprint density at radius 2 is 2.27 bits per heavy atom. The van der Waals surface area contributed by atoms with E-state index in [9.17, 15) is 0 Å². The summed E-state index contributed by atoms with van der Waals surface area (Å²) in [6, 6.07) is 7.80. The molecule has 0 aliphatic heterocycles. The van der Waals surface area contributed by atoms with Gasteiger partial charge in [-0.2, -0.15) is 5.10 Å². The zero-order chi connectivity index (χ0) is 10.7. The molecular weight excluding hydrogens is 188 g/mol. The molecule has 0 saturated carbocycles. The van der Waals surface area contributed by atoms with Crippen molar-refractivity contribution in [1.29, 1.82) is 0 Å². The van der Waals surface area contributed by atoms with Crippen molar-refractivity contribution in [3.05, 3.63) is 41.9 Å². The van der Waals surface area contributed by atoms with Gasteiger partial charge in [0, 0.05) is 36.6 Å². The predicted molar refractivity (Wildman–Crippen MR) is 59.3 cm³/mol. The first-order chi connectivity index (χ1) is 7.25. The molecular formula is C11H14N4. The van der Waals surface area contributed by atoms with Crippen molar-refractivity contribution in [2.75, 3.05) is 5.73 Å². The summed E-state index contributed by atoms with van der Waals surface area (Å²) < 4.78 is 1.91. The second-order valence-corrected chi connectivity index (χ2v) is 3.50. The van der Waals surface area contributed by atoms with Gasteiger partial charge in [0.25, 0.3) is 0 Å². The summed E-state index contributed by atoms with van der Waals surface area (Å²) >= 11 is 0. The number of nitrogen functional groups attached to an aromatic ring is 1. The minimum Gasteiger partial charge on any atom is -0.382 e. The van der Waals surface area contributed by atoms with Crippen molar-refractivity contribution in [3.63, 3.8) is 0 Å². The molecule has 4 nitrogen and oxygen atoms in total. The Balaban J connectivity index is 2.02. The van der Waals surface area contributed by atoms with Gasteiger partial charge in [-0.15, -0.1) is 0 Å². The van der Waals surface area contributed by atoms with E-state index >= 15 is 0 Å². The summed E-state index contributed by atoms with van der Waals surface area (Å²) in [7, 11) is 0. The molecule has 0 atom stereocenters. The van der Waals surface area contributed by atoms with Crippen molar-refractivity contribution in [3.8, 4) is 0 Å². The summed E-state index contributed by atoms with van der Waals surface area (Å²) in [5.74, 6) is 0.577. The number of nitrogens with zero attached hydrogens (tertiary/aromatic N) is 3. The number of nitrogens with two attached hydrogens (primary N) is 1. The van der Waals surface area contributed by atoms with E-state index in [-0.39, 0.29) is 0 Å². The van der Waals surface area contributed by atoms with Crippen LogP contribution in [-0.4, -0.2) is 14.8 Å². The topological polar surface area (TPSA) is 56.7 Å². The van der Waals surface area contributed by atoms with E-state index in [1.54, 1.807) is 6.20 Å². The van der Waals surface area contributed by atoms with E-state index < -0.39 is 0 Å². The van der Waals surface area contributed by atoms with Gasteiger partial charge in [-0.1, -0.05) is 6.07 Å². The fourth-order valence-electron chi connectivity index (χ4n) is 1.53. The minimum absolute atomic E-state index is 0.577. The van der Waals surface area contributed by atoms with Gasteiger partial charge in [-0.25, -0.2) is 0 Å². The SMILES string of the molecule is Cc1cc(N)nn1CCc1ccccn1. The maximum Gasteiger partial charge on any atom is 0.145 e. The summed E-state index contributed by atoms with van der Waals surface area (Å²) in [5, 5.41) is 4.19. The molecule has 15 heavy (non-hydrogen) atoms. The molecule has 0 aliphatic rings. The summed E-state index contributed by atoms with van der Waals surface area (Å²) in [6.07, 6.45) is 2.68. The van der Waals surface area contributed by atoms with Gasteiger partial charge >= 0.3 is 0 Å². The molecule has 0 aromatic carbocycles. The lowest BCUT2D eigenvalue weighted by Gasteiger charge is -2.03. The summed E-state index contributed by atoms with van der Waals surface area (Å²) in [4.78, 5) is 4.26. The van der Waals surface area contributed by atoms with Crippen LogP contribution in [0.25, 0.3) is 0 Å². The van der Waals surface area contributed by atoms with Crippen LogP contribution in [0, 0.1) is 6.92 Å². The van der Waals surface area contributed by atoms with E-state index in [0.717, 1.165) is 24.4 Å². The van der Waals surface area contributed by atoms with Gasteiger partial charge in [0.1, 0.15) is 5.82 Å². The van der Waals surface area contributed by atoms with Crippen LogP contribution in [0.2, 0.25) is 0 Å². The van der Waals surface area contributed by atoms with E-state index in [1.807, 2.05) is 35.9 Å². The maximum absolute atomic E-state index is 5.60. The van der Waals surface area contributed by atoms with Crippen molar-refractivity contribution < 1.29 is 0 Å². The molecule has 0 bridgehead atoms. The normalized spacial score (nSPS) is 10.5. The highest BCUT2D eigenvalue weighted by Gasteiger charge is 2.01. The van der Waals surface area contributed by atoms with Gasteiger partial charge in [-0.05, 0) is 19.1 Å². The van der Waals surface area contributed by atoms with E-state index in [2.05, 4.69) is 10.1 Å². The average molecular weight is 202 g/mol. The van der Waals surface area contributed by atoms with E-state index in [0.29, 0.717) is 5.82 Å². The fraction of sp³-hybridized carbons (Fsp3) is 0.273. The third-order valence-corrected chi connectivity index (χ3v) is 2.31. The Kier molecular flexibility index (Phi) is 2.67. The smallest absolute Gasteiger partial charge is 0.145 e. The second kappa shape index (κ2) is 4.13. The molecule has 0 unspecified atom stereocenters. The number of rotatable bonds is 3. The molecule has 2 aromatic rings. The first kappa shape index (κ1) is 9.71. The molecule has 78 valence electrons. The average Bonchev–Trinajstić information content (AvgIpc) is 2.56. The van der Waals surface area contributed by atoms with Gasteiger partial charge in [-0.3, -0.25) is 9.67 Å². The standard InChI is InChI=1S/C11H14N4/c1-9-8-11(12)14-15(9)7-5-10-4-2-3-6-13-10/h2-4,6,8H,5,7H2,1H3,(H2,12,14). The van der Waals surface area contributed by atoms with Crippen LogP contribution in [0.5, 0.6) is 0 Å². The van der Waals surface area contributed by atoms with Crippen molar-refractivity contribution in [2.24, 2.45) is 0 Å². The molecule has 0 amide bonds. The Morgan fingerprint density at radius 3 is 2.87 bits per heavy atom. The van der Waals surface area contributed by atoms with E-state index in [1.165, 1.54) is 0 Å². The summed E-state index contributed by atoms with van der Waals surface area (Å²) in [6.45, 7) is 2.82. The van der Waals surface area contributed by atoms with Crippen LogP contribution in [0.3, 0.4) is 0 Å². The monoisotopic (exact) mass is 202 g/mol. The zero-order valence-electron chi connectivity index (χ0n) is 8.72. The molecule has 2 aromatic heterocycles. The highest BCUT2D eigenvalue weighted by Crippen LogP contribution is 2.05. The van der Waals surface area contributed by atoms with Crippen LogP contribution < -0.4 is 5.73 Å². The number of hydrogen-bond acceptors (Lipinski definition) is 3. The third kappa shape index (κ3) is 2.34. The van der Waals surface area contributed by atoms with Crippen LogP contribution in [-0.2, 0) is 13.0 Å². The molecule has 0 aliphatic carbocycles. The lowest BCUT2D eigenvalue weighted by molar-refractivity contribution is 0.595. The van der Waals surface area contributed by atoms with E-state index in [4.69, 9.17) is 5.73 Å². The number of aryl methyl sites for hydroxylation is 3. The van der Waals surface area contributed by atoms with Crippen LogP contribution in [0.4, 0.5) is 5.82 Å². The quantitative estimate of drug-likeness (QED) is 0.818. The van der Waals surface area contributed by atoms with Crippen LogP contribution >= 0.6 is 0 Å². The molecule has 2 N–H and O–H groups in total. The fourth-order valence-corrected chi connectivity index (χ4v) is 1.53. The zero-order valence-corrected chi connectivity index (χ0v) is 8.72. The predicted octanol–water partition coefficient (Wildman–Crippen LogP) is 1.41. The first-order valence-corrected chi connectivity index (χ1v) is 4.95. The van der Waals surface area contributed by atoms with Crippen molar-refractivity contribution in [1.82, 2.24) is 14.8 Å². The maximum atomic E-state index is 5.60. The molecule has 4 heteroatoms. The Labute approximate surface area is 88.8 Å². The lowest BCUT2D eigenvalue weighted by atomic mass is 10.3. The lowest BCUT2D eigenvalue weighted by Crippen LogP contribution is -2.06. The van der Waals surface area contributed by atoms with Gasteiger partial charge in [0.2, 0.25) is 0 Å².